The molecule has 2 rings (SSSR count). The average molecular weight is 382 g/mol. The number of halogens is 2. The molecule has 2 aromatic rings. The Balaban J connectivity index is 1.94. The third-order valence-electron chi connectivity index (χ3n) is 3.09. The maximum atomic E-state index is 12.1. The molecule has 0 aliphatic carbocycles. The minimum absolute atomic E-state index is 0.0647. The van der Waals surface area contributed by atoms with Crippen molar-refractivity contribution in [3.8, 4) is 5.75 Å². The van der Waals surface area contributed by atoms with E-state index in [0.29, 0.717) is 10.8 Å². The first-order valence-corrected chi connectivity index (χ1v) is 7.77. The van der Waals surface area contributed by atoms with E-state index in [1.807, 2.05) is 0 Å². The number of imide groups is 1. The van der Waals surface area contributed by atoms with Crippen molar-refractivity contribution in [3.05, 3.63) is 63.6 Å². The smallest absolute Gasteiger partial charge is 0.340 e. The lowest BCUT2D eigenvalue weighted by Crippen LogP contribution is -2.34. The van der Waals surface area contributed by atoms with Crippen molar-refractivity contribution in [1.82, 2.24) is 5.32 Å². The first-order chi connectivity index (χ1) is 11.9. The highest BCUT2D eigenvalue weighted by Gasteiger charge is 2.17. The van der Waals surface area contributed by atoms with Gasteiger partial charge in [-0.1, -0.05) is 35.3 Å². The number of methoxy groups -OCH3 is 1. The third kappa shape index (κ3) is 4.95. The molecular weight excluding hydrogens is 369 g/mol. The molecule has 2 aromatic carbocycles. The number of amides is 2. The molecule has 1 N–H and O–H groups in total. The Labute approximate surface area is 153 Å². The Morgan fingerprint density at radius 3 is 2.44 bits per heavy atom. The van der Waals surface area contributed by atoms with Gasteiger partial charge in [-0.3, -0.25) is 14.9 Å². The molecule has 8 heteroatoms. The summed E-state index contributed by atoms with van der Waals surface area (Å²) in [6.07, 6.45) is 0. The van der Waals surface area contributed by atoms with Gasteiger partial charge in [0.2, 0.25) is 0 Å². The number of carbonyl (C=O) groups excluding carboxylic acids is 3. The van der Waals surface area contributed by atoms with Gasteiger partial charge in [0.25, 0.3) is 11.8 Å². The normalized spacial score (nSPS) is 10.0. The van der Waals surface area contributed by atoms with Crippen molar-refractivity contribution in [2.75, 3.05) is 13.7 Å². The molecule has 0 aromatic heterocycles. The molecule has 0 fully saturated rings. The minimum Gasteiger partial charge on any atom is -0.496 e. The highest BCUT2D eigenvalue weighted by Crippen LogP contribution is 2.21. The molecular formula is C17H13Cl2NO5. The van der Waals surface area contributed by atoms with E-state index in [1.54, 1.807) is 18.2 Å². The average Bonchev–Trinajstić information content (AvgIpc) is 2.59. The van der Waals surface area contributed by atoms with Crippen molar-refractivity contribution >= 4 is 41.0 Å². The van der Waals surface area contributed by atoms with Crippen molar-refractivity contribution in [1.29, 1.82) is 0 Å². The molecule has 0 saturated heterocycles. The second-order valence-electron chi connectivity index (χ2n) is 4.78. The highest BCUT2D eigenvalue weighted by molar-refractivity contribution is 6.36. The Kier molecular flexibility index (Phi) is 6.38. The van der Waals surface area contributed by atoms with Crippen LogP contribution in [0.15, 0.2) is 42.5 Å². The first-order valence-electron chi connectivity index (χ1n) is 7.01. The maximum absolute atomic E-state index is 12.1. The van der Waals surface area contributed by atoms with E-state index in [2.05, 4.69) is 5.32 Å². The Morgan fingerprint density at radius 2 is 1.76 bits per heavy atom. The molecule has 0 saturated carbocycles. The molecule has 0 bridgehead atoms. The fourth-order valence-corrected chi connectivity index (χ4v) is 2.41. The highest BCUT2D eigenvalue weighted by atomic mass is 35.5. The summed E-state index contributed by atoms with van der Waals surface area (Å²) >= 11 is 11.6. The zero-order valence-corrected chi connectivity index (χ0v) is 14.6. The predicted molar refractivity (Wildman–Crippen MR) is 92.2 cm³/mol. The molecule has 6 nitrogen and oxygen atoms in total. The van der Waals surface area contributed by atoms with Crippen LogP contribution in [-0.2, 0) is 9.53 Å². The van der Waals surface area contributed by atoms with Crippen LogP contribution in [0.1, 0.15) is 20.7 Å². The Bertz CT molecular complexity index is 822. The Hall–Kier alpha value is -2.57. The third-order valence-corrected chi connectivity index (χ3v) is 3.64. The van der Waals surface area contributed by atoms with Crippen LogP contribution < -0.4 is 10.1 Å². The van der Waals surface area contributed by atoms with Crippen molar-refractivity contribution in [2.24, 2.45) is 0 Å². The van der Waals surface area contributed by atoms with Crippen LogP contribution >= 0.6 is 23.2 Å². The fourth-order valence-electron chi connectivity index (χ4n) is 1.93. The molecule has 0 aliphatic rings. The number of hydrogen-bond donors (Lipinski definition) is 1. The molecule has 0 spiro atoms. The second-order valence-corrected chi connectivity index (χ2v) is 5.62. The largest absolute Gasteiger partial charge is 0.496 e. The Morgan fingerprint density at radius 1 is 1.04 bits per heavy atom. The van der Waals surface area contributed by atoms with Crippen LogP contribution in [0.2, 0.25) is 10.0 Å². The number of carbonyl (C=O) groups is 3. The SMILES string of the molecule is COc1ccccc1C(=O)NC(=O)COC(=O)c1ccc(Cl)cc1Cl. The van der Waals surface area contributed by atoms with Gasteiger partial charge in [-0.15, -0.1) is 0 Å². The van der Waals surface area contributed by atoms with E-state index in [4.69, 9.17) is 32.7 Å². The summed E-state index contributed by atoms with van der Waals surface area (Å²) in [5.41, 5.74) is 0.250. The zero-order chi connectivity index (χ0) is 18.4. The van der Waals surface area contributed by atoms with Crippen LogP contribution in [0.4, 0.5) is 0 Å². The summed E-state index contributed by atoms with van der Waals surface area (Å²) in [6, 6.07) is 10.6. The lowest BCUT2D eigenvalue weighted by Gasteiger charge is -2.09. The van der Waals surface area contributed by atoms with Gasteiger partial charge < -0.3 is 9.47 Å². The number of esters is 1. The zero-order valence-electron chi connectivity index (χ0n) is 13.0. The lowest BCUT2D eigenvalue weighted by molar-refractivity contribution is -0.123. The molecule has 0 unspecified atom stereocenters. The van der Waals surface area contributed by atoms with E-state index in [1.165, 1.54) is 31.4 Å². The summed E-state index contributed by atoms with van der Waals surface area (Å²) in [4.78, 5) is 35.8. The van der Waals surface area contributed by atoms with Gasteiger partial charge >= 0.3 is 5.97 Å². The quantitative estimate of drug-likeness (QED) is 0.804. The van der Waals surface area contributed by atoms with Crippen LogP contribution in [0.3, 0.4) is 0 Å². The van der Waals surface area contributed by atoms with E-state index in [0.717, 1.165) is 0 Å². The van der Waals surface area contributed by atoms with E-state index in [-0.39, 0.29) is 16.1 Å². The van der Waals surface area contributed by atoms with Gasteiger partial charge in [0.05, 0.1) is 23.3 Å². The van der Waals surface area contributed by atoms with Gasteiger partial charge in [0.1, 0.15) is 5.75 Å². The van der Waals surface area contributed by atoms with Gasteiger partial charge in [0, 0.05) is 5.02 Å². The second kappa shape index (κ2) is 8.50. The summed E-state index contributed by atoms with van der Waals surface area (Å²) in [6.45, 7) is -0.640. The van der Waals surface area contributed by atoms with E-state index < -0.39 is 24.4 Å². The van der Waals surface area contributed by atoms with Gasteiger partial charge in [0.15, 0.2) is 6.61 Å². The summed E-state index contributed by atoms with van der Waals surface area (Å²) in [7, 11) is 1.41. The number of nitrogens with one attached hydrogen (secondary N) is 1. The van der Waals surface area contributed by atoms with Gasteiger partial charge in [-0.2, -0.15) is 0 Å². The lowest BCUT2D eigenvalue weighted by atomic mass is 10.2. The molecule has 0 atom stereocenters. The molecule has 130 valence electrons. The number of benzene rings is 2. The van der Waals surface area contributed by atoms with Crippen LogP contribution in [0.5, 0.6) is 5.75 Å². The molecule has 0 aliphatic heterocycles. The van der Waals surface area contributed by atoms with Crippen LogP contribution in [-0.4, -0.2) is 31.5 Å². The van der Waals surface area contributed by atoms with Crippen LogP contribution in [0, 0.1) is 0 Å². The standard InChI is InChI=1S/C17H13Cl2NO5/c1-24-14-5-3-2-4-12(14)16(22)20-15(21)9-25-17(23)11-7-6-10(18)8-13(11)19/h2-8H,9H2,1H3,(H,20,21,22). The van der Waals surface area contributed by atoms with Gasteiger partial charge in [-0.25, -0.2) is 4.79 Å². The predicted octanol–water partition coefficient (Wildman–Crippen LogP) is 3.12. The number of ether oxygens (including phenoxy) is 2. The van der Waals surface area contributed by atoms with E-state index >= 15 is 0 Å². The first kappa shape index (κ1) is 18.8. The minimum atomic E-state index is -0.804. The number of rotatable bonds is 5. The molecule has 0 heterocycles. The van der Waals surface area contributed by atoms with Crippen LogP contribution in [0.25, 0.3) is 0 Å². The number of hydrogen-bond acceptors (Lipinski definition) is 5. The topological polar surface area (TPSA) is 81.7 Å². The summed E-state index contributed by atoms with van der Waals surface area (Å²) < 4.78 is 9.89. The molecule has 25 heavy (non-hydrogen) atoms. The van der Waals surface area contributed by atoms with E-state index in [9.17, 15) is 14.4 Å². The van der Waals surface area contributed by atoms with Gasteiger partial charge in [-0.05, 0) is 30.3 Å². The summed E-state index contributed by atoms with van der Waals surface area (Å²) in [5.74, 6) is -1.93. The molecule has 2 amide bonds. The molecule has 0 radical (unpaired) electrons. The van der Waals surface area contributed by atoms with Crippen molar-refractivity contribution in [2.45, 2.75) is 0 Å². The fraction of sp³-hybridized carbons (Fsp3) is 0.118. The number of para-hydroxylation sites is 1. The maximum Gasteiger partial charge on any atom is 0.340 e. The summed E-state index contributed by atoms with van der Waals surface area (Å²) in [5, 5.41) is 2.57. The van der Waals surface area contributed by atoms with Crippen molar-refractivity contribution in [3.63, 3.8) is 0 Å². The van der Waals surface area contributed by atoms with Crippen molar-refractivity contribution < 1.29 is 23.9 Å². The monoisotopic (exact) mass is 381 g/mol.